The molecule has 0 spiro atoms. The van der Waals surface area contributed by atoms with E-state index in [9.17, 15) is 8.78 Å². The number of hydrogen-bond acceptors (Lipinski definition) is 3. The molecule has 0 saturated carbocycles. The van der Waals surface area contributed by atoms with Crippen molar-refractivity contribution in [1.29, 1.82) is 0 Å². The molecule has 6 heteroatoms. The van der Waals surface area contributed by atoms with E-state index in [4.69, 9.17) is 5.73 Å². The molecule has 0 aliphatic heterocycles. The second-order valence-electron chi connectivity index (χ2n) is 3.47. The third-order valence-corrected chi connectivity index (χ3v) is 2.13. The lowest BCUT2D eigenvalue weighted by Crippen LogP contribution is -2.06. The number of nitrogens with one attached hydrogen (secondary N) is 1. The van der Waals surface area contributed by atoms with E-state index in [2.05, 4.69) is 14.7 Å². The lowest BCUT2D eigenvalue weighted by atomic mass is 10.3. The van der Waals surface area contributed by atoms with Crippen molar-refractivity contribution in [2.75, 3.05) is 0 Å². The molecule has 3 N–H and O–H groups in total. The van der Waals surface area contributed by atoms with Crippen LogP contribution in [0.25, 0.3) is 11.0 Å². The van der Waals surface area contributed by atoms with Gasteiger partial charge in [0.25, 0.3) is 0 Å². The molecule has 0 amide bonds. The molecule has 1 unspecified atom stereocenters. The zero-order valence-electron chi connectivity index (χ0n) is 8.58. The summed E-state index contributed by atoms with van der Waals surface area (Å²) in [6.45, 7) is -1.04. The first-order valence-electron chi connectivity index (χ1n) is 4.76. The highest BCUT2D eigenvalue weighted by atomic mass is 19.3. The summed E-state index contributed by atoms with van der Waals surface area (Å²) in [4.78, 5) is 7.16. The molecule has 0 aliphatic carbocycles. The molecule has 1 aromatic carbocycles. The minimum atomic E-state index is -2.83. The van der Waals surface area contributed by atoms with Gasteiger partial charge in [0.2, 0.25) is 0 Å². The van der Waals surface area contributed by atoms with E-state index >= 15 is 0 Å². The van der Waals surface area contributed by atoms with Crippen LogP contribution in [0.5, 0.6) is 5.75 Å². The van der Waals surface area contributed by atoms with Crippen molar-refractivity contribution in [3.05, 3.63) is 24.0 Å². The monoisotopic (exact) mass is 227 g/mol. The number of H-pyrrole nitrogens is 1. The molecule has 0 radical (unpaired) electrons. The minimum absolute atomic E-state index is 0.0994. The molecule has 86 valence electrons. The van der Waals surface area contributed by atoms with Gasteiger partial charge >= 0.3 is 6.61 Å². The molecule has 2 aromatic rings. The molecular formula is C10H11F2N3O. The minimum Gasteiger partial charge on any atom is -0.435 e. The Kier molecular flexibility index (Phi) is 2.74. The Morgan fingerprint density at radius 1 is 1.44 bits per heavy atom. The largest absolute Gasteiger partial charge is 0.435 e. The molecule has 1 atom stereocenters. The number of aromatic nitrogens is 2. The summed E-state index contributed by atoms with van der Waals surface area (Å²) in [5.41, 5.74) is 6.96. The first kappa shape index (κ1) is 10.8. The van der Waals surface area contributed by atoms with Gasteiger partial charge in [-0.15, -0.1) is 0 Å². The summed E-state index contributed by atoms with van der Waals surface area (Å²) in [6, 6.07) is 4.29. The van der Waals surface area contributed by atoms with Crippen molar-refractivity contribution >= 4 is 11.0 Å². The fourth-order valence-electron chi connectivity index (χ4n) is 1.40. The van der Waals surface area contributed by atoms with Gasteiger partial charge in [-0.2, -0.15) is 8.78 Å². The molecular weight excluding hydrogens is 216 g/mol. The van der Waals surface area contributed by atoms with Gasteiger partial charge in [-0.25, -0.2) is 4.98 Å². The summed E-state index contributed by atoms with van der Waals surface area (Å²) >= 11 is 0. The molecule has 16 heavy (non-hydrogen) atoms. The van der Waals surface area contributed by atoms with Crippen LogP contribution in [-0.4, -0.2) is 16.6 Å². The van der Waals surface area contributed by atoms with Crippen LogP contribution < -0.4 is 10.5 Å². The van der Waals surface area contributed by atoms with E-state index in [1.165, 1.54) is 12.1 Å². The van der Waals surface area contributed by atoms with Crippen LogP contribution in [0.2, 0.25) is 0 Å². The maximum Gasteiger partial charge on any atom is 0.387 e. The Balaban J connectivity index is 2.38. The van der Waals surface area contributed by atoms with Gasteiger partial charge in [-0.3, -0.25) is 0 Å². The zero-order valence-corrected chi connectivity index (χ0v) is 8.58. The SMILES string of the molecule is CC(N)c1nc2ccc(OC(F)F)cc2[nH]1. The number of nitrogens with zero attached hydrogens (tertiary/aromatic N) is 1. The van der Waals surface area contributed by atoms with Crippen LogP contribution in [0.15, 0.2) is 18.2 Å². The Morgan fingerprint density at radius 2 is 2.19 bits per heavy atom. The predicted octanol–water partition coefficient (Wildman–Crippen LogP) is 2.18. The van der Waals surface area contributed by atoms with Crippen molar-refractivity contribution in [3.8, 4) is 5.75 Å². The fourth-order valence-corrected chi connectivity index (χ4v) is 1.40. The molecule has 1 heterocycles. The van der Waals surface area contributed by atoms with E-state index in [0.29, 0.717) is 16.9 Å². The van der Waals surface area contributed by atoms with Crippen molar-refractivity contribution in [2.45, 2.75) is 19.6 Å². The average Bonchev–Trinajstić information content (AvgIpc) is 2.59. The van der Waals surface area contributed by atoms with Gasteiger partial charge < -0.3 is 15.5 Å². The molecule has 0 bridgehead atoms. The Morgan fingerprint density at radius 3 is 2.81 bits per heavy atom. The van der Waals surface area contributed by atoms with Crippen LogP contribution in [0.3, 0.4) is 0 Å². The van der Waals surface area contributed by atoms with Gasteiger partial charge in [-0.05, 0) is 19.1 Å². The second-order valence-corrected chi connectivity index (χ2v) is 3.47. The third-order valence-electron chi connectivity index (χ3n) is 2.13. The van der Waals surface area contributed by atoms with Crippen molar-refractivity contribution in [3.63, 3.8) is 0 Å². The summed E-state index contributed by atoms with van der Waals surface area (Å²) in [5.74, 6) is 0.714. The summed E-state index contributed by atoms with van der Waals surface area (Å²) in [7, 11) is 0. The van der Waals surface area contributed by atoms with Gasteiger partial charge in [0.1, 0.15) is 11.6 Å². The number of benzene rings is 1. The second kappa shape index (κ2) is 4.05. The number of hydrogen-bond donors (Lipinski definition) is 2. The van der Waals surface area contributed by atoms with Gasteiger partial charge in [0.15, 0.2) is 0 Å². The number of ether oxygens (including phenoxy) is 1. The van der Waals surface area contributed by atoms with Gasteiger partial charge in [0.05, 0.1) is 17.1 Å². The van der Waals surface area contributed by atoms with Crippen molar-refractivity contribution < 1.29 is 13.5 Å². The molecule has 2 rings (SSSR count). The predicted molar refractivity (Wildman–Crippen MR) is 55.3 cm³/mol. The first-order chi connectivity index (χ1) is 7.56. The molecule has 0 fully saturated rings. The van der Waals surface area contributed by atoms with Crippen LogP contribution in [0.4, 0.5) is 8.78 Å². The van der Waals surface area contributed by atoms with Crippen LogP contribution in [0, 0.1) is 0 Å². The average molecular weight is 227 g/mol. The number of rotatable bonds is 3. The summed E-state index contributed by atoms with van der Waals surface area (Å²) < 4.78 is 28.3. The van der Waals surface area contributed by atoms with Crippen LogP contribution >= 0.6 is 0 Å². The third kappa shape index (κ3) is 2.11. The highest BCUT2D eigenvalue weighted by molar-refractivity contribution is 5.76. The van der Waals surface area contributed by atoms with E-state index in [-0.39, 0.29) is 11.8 Å². The zero-order chi connectivity index (χ0) is 11.7. The molecule has 0 saturated heterocycles. The molecule has 4 nitrogen and oxygen atoms in total. The lowest BCUT2D eigenvalue weighted by Gasteiger charge is -2.02. The highest BCUT2D eigenvalue weighted by Crippen LogP contribution is 2.21. The number of halogens is 2. The van der Waals surface area contributed by atoms with E-state index < -0.39 is 6.61 Å². The van der Waals surface area contributed by atoms with Gasteiger partial charge in [-0.1, -0.05) is 0 Å². The topological polar surface area (TPSA) is 63.9 Å². The standard InChI is InChI=1S/C10H11F2N3O/c1-5(13)9-14-7-3-2-6(16-10(11)12)4-8(7)15-9/h2-5,10H,13H2,1H3,(H,14,15). The fraction of sp³-hybridized carbons (Fsp3) is 0.300. The highest BCUT2D eigenvalue weighted by Gasteiger charge is 2.09. The Hall–Kier alpha value is -1.69. The normalized spacial score (nSPS) is 13.3. The number of nitrogens with two attached hydrogens (primary N) is 1. The molecule has 1 aromatic heterocycles. The Labute approximate surface area is 90.4 Å². The maximum absolute atomic E-state index is 12.0. The quantitative estimate of drug-likeness (QED) is 0.844. The lowest BCUT2D eigenvalue weighted by molar-refractivity contribution is -0.0497. The number of alkyl halides is 2. The summed E-state index contributed by atoms with van der Waals surface area (Å²) in [5, 5.41) is 0. The molecule has 0 aliphatic rings. The van der Waals surface area contributed by atoms with Gasteiger partial charge in [0, 0.05) is 6.07 Å². The number of fused-ring (bicyclic) bond motifs is 1. The van der Waals surface area contributed by atoms with Crippen molar-refractivity contribution in [2.24, 2.45) is 5.73 Å². The smallest absolute Gasteiger partial charge is 0.387 e. The van der Waals surface area contributed by atoms with E-state index in [0.717, 1.165) is 0 Å². The number of imidazole rings is 1. The number of aromatic amines is 1. The summed E-state index contributed by atoms with van der Waals surface area (Å²) in [6.07, 6.45) is 0. The Bertz CT molecular complexity index is 496. The first-order valence-corrected chi connectivity index (χ1v) is 4.76. The maximum atomic E-state index is 12.0. The van der Waals surface area contributed by atoms with E-state index in [1.54, 1.807) is 13.0 Å². The van der Waals surface area contributed by atoms with Crippen LogP contribution in [-0.2, 0) is 0 Å². The van der Waals surface area contributed by atoms with Crippen molar-refractivity contribution in [1.82, 2.24) is 9.97 Å². The van der Waals surface area contributed by atoms with Crippen LogP contribution in [0.1, 0.15) is 18.8 Å². The van der Waals surface area contributed by atoms with E-state index in [1.807, 2.05) is 0 Å².